The van der Waals surface area contributed by atoms with Crippen molar-refractivity contribution in [1.29, 1.82) is 0 Å². The van der Waals surface area contributed by atoms with E-state index in [4.69, 9.17) is 5.73 Å². The van der Waals surface area contributed by atoms with Crippen molar-refractivity contribution in [1.82, 2.24) is 5.32 Å². The van der Waals surface area contributed by atoms with Gasteiger partial charge in [0.25, 0.3) is 0 Å². The van der Waals surface area contributed by atoms with E-state index >= 15 is 0 Å². The number of nitrogens with one attached hydrogen (secondary N) is 1. The normalized spacial score (nSPS) is 14.2. The van der Waals surface area contributed by atoms with Gasteiger partial charge in [-0.05, 0) is 13.3 Å². The van der Waals surface area contributed by atoms with Gasteiger partial charge >= 0.3 is 0 Å². The molecule has 0 aliphatic rings. The maximum Gasteiger partial charge on any atom is 0.188 e. The van der Waals surface area contributed by atoms with Gasteiger partial charge in [-0.3, -0.25) is 4.99 Å². The summed E-state index contributed by atoms with van der Waals surface area (Å²) in [5.41, 5.74) is 5.52. The second kappa shape index (κ2) is 8.14. The Bertz CT molecular complexity index is 290. The molecule has 0 radical (unpaired) electrons. The standard InChI is InChI=1S/C8H19N3O2S.HI/c1-4-7(2)11-8(9)10-5-6-14(3,12)13;/h7H,4-6H2,1-3H3,(H3,9,10,11);1H. The first-order chi connectivity index (χ1) is 6.35. The van der Waals surface area contributed by atoms with E-state index in [-0.39, 0.29) is 42.3 Å². The number of aliphatic imine (C=N–C) groups is 1. The molecule has 3 N–H and O–H groups in total. The van der Waals surface area contributed by atoms with Gasteiger partial charge in [-0.25, -0.2) is 8.42 Å². The molecule has 0 aromatic rings. The third-order valence-corrected chi connectivity index (χ3v) is 2.68. The zero-order valence-electron chi connectivity index (χ0n) is 9.36. The van der Waals surface area contributed by atoms with Gasteiger partial charge < -0.3 is 11.1 Å². The summed E-state index contributed by atoms with van der Waals surface area (Å²) in [7, 11) is -2.94. The number of nitrogens with two attached hydrogens (primary N) is 1. The highest BCUT2D eigenvalue weighted by Crippen LogP contribution is 1.87. The summed E-state index contributed by atoms with van der Waals surface area (Å²) >= 11 is 0. The van der Waals surface area contributed by atoms with E-state index in [9.17, 15) is 8.42 Å². The van der Waals surface area contributed by atoms with E-state index < -0.39 is 9.84 Å². The summed E-state index contributed by atoms with van der Waals surface area (Å²) < 4.78 is 21.5. The van der Waals surface area contributed by atoms with E-state index in [1.54, 1.807) is 0 Å². The number of rotatable bonds is 5. The first kappa shape index (κ1) is 17.3. The molecule has 0 saturated carbocycles. The monoisotopic (exact) mass is 349 g/mol. The fourth-order valence-corrected chi connectivity index (χ4v) is 1.16. The molecule has 0 aromatic carbocycles. The summed E-state index contributed by atoms with van der Waals surface area (Å²) in [5, 5.41) is 2.95. The summed E-state index contributed by atoms with van der Waals surface area (Å²) in [5.74, 6) is 0.346. The SMILES string of the molecule is CCC(C)NC(N)=NCCS(C)(=O)=O.I. The molecule has 0 aliphatic carbocycles. The van der Waals surface area contributed by atoms with Gasteiger partial charge in [0.05, 0.1) is 12.3 Å². The minimum Gasteiger partial charge on any atom is -0.370 e. The Hall–Kier alpha value is -0.0500. The fraction of sp³-hybridized carbons (Fsp3) is 0.875. The third kappa shape index (κ3) is 11.9. The molecule has 1 atom stereocenters. The lowest BCUT2D eigenvalue weighted by atomic mass is 10.3. The zero-order chi connectivity index (χ0) is 11.2. The lowest BCUT2D eigenvalue weighted by molar-refractivity contribution is 0.601. The Morgan fingerprint density at radius 3 is 2.47 bits per heavy atom. The molecule has 1 unspecified atom stereocenters. The smallest absolute Gasteiger partial charge is 0.188 e. The molecule has 0 fully saturated rings. The molecule has 0 aromatic heterocycles. The highest BCUT2D eigenvalue weighted by molar-refractivity contribution is 14.0. The van der Waals surface area contributed by atoms with Crippen LogP contribution in [0.5, 0.6) is 0 Å². The Labute approximate surface area is 109 Å². The van der Waals surface area contributed by atoms with Crippen LogP contribution in [0, 0.1) is 0 Å². The minimum atomic E-state index is -2.94. The van der Waals surface area contributed by atoms with Crippen LogP contribution < -0.4 is 11.1 Å². The Balaban J connectivity index is 0. The second-order valence-corrected chi connectivity index (χ2v) is 5.61. The molecule has 0 rings (SSSR count). The van der Waals surface area contributed by atoms with Crippen LogP contribution >= 0.6 is 24.0 Å². The van der Waals surface area contributed by atoms with Gasteiger partial charge in [-0.15, -0.1) is 24.0 Å². The Morgan fingerprint density at radius 1 is 1.53 bits per heavy atom. The van der Waals surface area contributed by atoms with Crippen LogP contribution in [0.3, 0.4) is 0 Å². The van der Waals surface area contributed by atoms with Crippen molar-refractivity contribution in [3.05, 3.63) is 0 Å². The van der Waals surface area contributed by atoms with Crippen molar-refractivity contribution >= 4 is 39.8 Å². The van der Waals surface area contributed by atoms with Gasteiger partial charge in [0.1, 0.15) is 9.84 Å². The molecule has 0 bridgehead atoms. The predicted molar refractivity (Wildman–Crippen MR) is 74.5 cm³/mol. The maximum absolute atomic E-state index is 10.8. The molecule has 0 spiro atoms. The lowest BCUT2D eigenvalue weighted by Gasteiger charge is -2.11. The Kier molecular flexibility index (Phi) is 9.42. The first-order valence-corrected chi connectivity index (χ1v) is 6.65. The number of hydrogen-bond acceptors (Lipinski definition) is 3. The number of halogens is 1. The molecule has 15 heavy (non-hydrogen) atoms. The topological polar surface area (TPSA) is 84.5 Å². The van der Waals surface area contributed by atoms with Crippen LogP contribution in [0.1, 0.15) is 20.3 Å². The van der Waals surface area contributed by atoms with E-state index in [0.717, 1.165) is 6.42 Å². The van der Waals surface area contributed by atoms with Crippen LogP contribution in [0.4, 0.5) is 0 Å². The summed E-state index contributed by atoms with van der Waals surface area (Å²) in [6, 6.07) is 0.261. The van der Waals surface area contributed by atoms with Gasteiger partial charge in [0, 0.05) is 12.3 Å². The van der Waals surface area contributed by atoms with Gasteiger partial charge in [-0.1, -0.05) is 6.92 Å². The lowest BCUT2D eigenvalue weighted by Crippen LogP contribution is -2.38. The predicted octanol–water partition coefficient (Wildman–Crippen LogP) is 0.352. The summed E-state index contributed by atoms with van der Waals surface area (Å²) in [4.78, 5) is 3.90. The van der Waals surface area contributed by atoms with E-state index in [2.05, 4.69) is 10.3 Å². The van der Waals surface area contributed by atoms with Crippen LogP contribution in [0.2, 0.25) is 0 Å². The number of sulfone groups is 1. The molecule has 92 valence electrons. The maximum atomic E-state index is 10.8. The van der Waals surface area contributed by atoms with Crippen molar-refractivity contribution < 1.29 is 8.42 Å². The van der Waals surface area contributed by atoms with Crippen molar-refractivity contribution in [3.8, 4) is 0 Å². The van der Waals surface area contributed by atoms with Crippen molar-refractivity contribution in [3.63, 3.8) is 0 Å². The van der Waals surface area contributed by atoms with E-state index in [1.165, 1.54) is 6.26 Å². The molecular formula is C8H20IN3O2S. The summed E-state index contributed by atoms with van der Waals surface area (Å²) in [6.45, 7) is 4.23. The van der Waals surface area contributed by atoms with E-state index in [0.29, 0.717) is 5.96 Å². The molecule has 7 heteroatoms. The molecule has 0 aliphatic heterocycles. The Morgan fingerprint density at radius 2 is 2.07 bits per heavy atom. The molecule has 0 heterocycles. The van der Waals surface area contributed by atoms with Gasteiger partial charge in [-0.2, -0.15) is 0 Å². The molecule has 0 saturated heterocycles. The largest absolute Gasteiger partial charge is 0.370 e. The average molecular weight is 349 g/mol. The van der Waals surface area contributed by atoms with Crippen LogP contribution in [-0.4, -0.2) is 39.0 Å². The van der Waals surface area contributed by atoms with Crippen molar-refractivity contribution in [2.24, 2.45) is 10.7 Å². The first-order valence-electron chi connectivity index (χ1n) is 4.59. The third-order valence-electron chi connectivity index (χ3n) is 1.75. The average Bonchev–Trinajstić information content (AvgIpc) is 2.01. The zero-order valence-corrected chi connectivity index (χ0v) is 12.5. The highest BCUT2D eigenvalue weighted by atomic mass is 127. The van der Waals surface area contributed by atoms with Crippen LogP contribution in [-0.2, 0) is 9.84 Å². The second-order valence-electron chi connectivity index (χ2n) is 3.35. The van der Waals surface area contributed by atoms with Gasteiger partial charge in [0.15, 0.2) is 5.96 Å². The van der Waals surface area contributed by atoms with Crippen LogP contribution in [0.25, 0.3) is 0 Å². The summed E-state index contributed by atoms with van der Waals surface area (Å²) in [6.07, 6.45) is 2.13. The minimum absolute atomic E-state index is 0. The van der Waals surface area contributed by atoms with Crippen molar-refractivity contribution in [2.75, 3.05) is 18.6 Å². The molecule has 0 amide bonds. The van der Waals surface area contributed by atoms with E-state index in [1.807, 2.05) is 13.8 Å². The van der Waals surface area contributed by atoms with Gasteiger partial charge in [0.2, 0.25) is 0 Å². The van der Waals surface area contributed by atoms with Crippen molar-refractivity contribution in [2.45, 2.75) is 26.3 Å². The molecule has 5 nitrogen and oxygen atoms in total. The fourth-order valence-electron chi connectivity index (χ4n) is 0.732. The number of guanidine groups is 1. The van der Waals surface area contributed by atoms with Crippen LogP contribution in [0.15, 0.2) is 4.99 Å². The molecular weight excluding hydrogens is 329 g/mol. The number of hydrogen-bond donors (Lipinski definition) is 2. The quantitative estimate of drug-likeness (QED) is 0.426. The highest BCUT2D eigenvalue weighted by Gasteiger charge is 2.01. The number of nitrogens with zero attached hydrogens (tertiary/aromatic N) is 1.